The normalized spacial score (nSPS) is 9.94. The number of rotatable bonds is 7. The maximum absolute atomic E-state index is 11.3. The molecule has 2 N–H and O–H groups in total. The van der Waals surface area contributed by atoms with E-state index in [1.54, 1.807) is 36.0 Å². The first-order chi connectivity index (χ1) is 8.22. The number of esters is 1. The molecule has 0 atom stereocenters. The van der Waals surface area contributed by atoms with E-state index in [0.717, 1.165) is 11.5 Å². The van der Waals surface area contributed by atoms with Gasteiger partial charge < -0.3 is 15.2 Å². The lowest BCUT2D eigenvalue weighted by molar-refractivity contribution is -0.145. The van der Waals surface area contributed by atoms with Gasteiger partial charge in [0.05, 0.1) is 0 Å². The molecular weight excluding hydrogens is 238 g/mol. The quantitative estimate of drug-likeness (QED) is 0.458. The summed E-state index contributed by atoms with van der Waals surface area (Å²) in [7, 11) is 0. The van der Waals surface area contributed by atoms with Crippen molar-refractivity contribution in [2.45, 2.75) is 6.92 Å². The average molecular weight is 255 g/mol. The number of hydrogen-bond donors (Lipinski definition) is 1. The molecule has 0 bridgehead atoms. The minimum atomic E-state index is -0.349. The highest BCUT2D eigenvalue weighted by Crippen LogP contribution is 2.12. The minimum absolute atomic E-state index is 0.0687. The van der Waals surface area contributed by atoms with Crippen molar-refractivity contribution in [1.82, 2.24) is 0 Å². The summed E-state index contributed by atoms with van der Waals surface area (Å²) in [5.74, 6) is 2.11. The molecule has 0 aromatic heterocycles. The van der Waals surface area contributed by atoms with Crippen LogP contribution in [0.2, 0.25) is 0 Å². The SMILES string of the molecule is CCSCCOC(=O)COc1ccc(N)cc1. The van der Waals surface area contributed by atoms with E-state index in [0.29, 0.717) is 18.0 Å². The molecule has 0 radical (unpaired) electrons. The van der Waals surface area contributed by atoms with Crippen LogP contribution in [-0.2, 0) is 9.53 Å². The number of benzene rings is 1. The van der Waals surface area contributed by atoms with Gasteiger partial charge in [-0.15, -0.1) is 0 Å². The molecule has 4 nitrogen and oxygen atoms in total. The highest BCUT2D eigenvalue weighted by Gasteiger charge is 2.03. The average Bonchev–Trinajstić information content (AvgIpc) is 2.34. The molecule has 1 rings (SSSR count). The van der Waals surface area contributed by atoms with Crippen LogP contribution in [-0.4, -0.2) is 30.7 Å². The van der Waals surface area contributed by atoms with Crippen LogP contribution in [0.25, 0.3) is 0 Å². The van der Waals surface area contributed by atoms with Crippen molar-refractivity contribution in [3.63, 3.8) is 0 Å². The van der Waals surface area contributed by atoms with Gasteiger partial charge in [0, 0.05) is 11.4 Å². The molecule has 0 amide bonds. The van der Waals surface area contributed by atoms with E-state index in [1.165, 1.54) is 0 Å². The molecule has 0 fully saturated rings. The van der Waals surface area contributed by atoms with Gasteiger partial charge in [-0.25, -0.2) is 4.79 Å². The van der Waals surface area contributed by atoms with Crippen molar-refractivity contribution in [3.05, 3.63) is 24.3 Å². The highest BCUT2D eigenvalue weighted by molar-refractivity contribution is 7.99. The molecule has 0 aliphatic heterocycles. The van der Waals surface area contributed by atoms with Gasteiger partial charge in [-0.1, -0.05) is 6.92 Å². The zero-order chi connectivity index (χ0) is 12.5. The van der Waals surface area contributed by atoms with Gasteiger partial charge in [-0.05, 0) is 30.0 Å². The standard InChI is InChI=1S/C12H17NO3S/c1-2-17-8-7-15-12(14)9-16-11-5-3-10(13)4-6-11/h3-6H,2,7-9,13H2,1H3. The Morgan fingerprint density at radius 2 is 2.06 bits per heavy atom. The topological polar surface area (TPSA) is 61.5 Å². The lowest BCUT2D eigenvalue weighted by Crippen LogP contribution is -2.16. The predicted octanol–water partition coefficient (Wildman–Crippen LogP) is 1.94. The summed E-state index contributed by atoms with van der Waals surface area (Å²) in [5.41, 5.74) is 6.19. The number of nitrogens with two attached hydrogens (primary N) is 1. The van der Waals surface area contributed by atoms with Crippen LogP contribution in [0, 0.1) is 0 Å². The molecule has 0 saturated carbocycles. The number of nitrogen functional groups attached to an aromatic ring is 1. The van der Waals surface area contributed by atoms with Gasteiger partial charge in [0.2, 0.25) is 0 Å². The fraction of sp³-hybridized carbons (Fsp3) is 0.417. The summed E-state index contributed by atoms with van der Waals surface area (Å²) in [6, 6.07) is 6.88. The van der Waals surface area contributed by atoms with Gasteiger partial charge in [0.25, 0.3) is 0 Å². The Labute approximate surface area is 105 Å². The molecule has 0 spiro atoms. The van der Waals surface area contributed by atoms with Crippen LogP contribution in [0.3, 0.4) is 0 Å². The van der Waals surface area contributed by atoms with Gasteiger partial charge >= 0.3 is 5.97 Å². The first-order valence-electron chi connectivity index (χ1n) is 5.44. The molecule has 0 unspecified atom stereocenters. The molecular formula is C12H17NO3S. The van der Waals surface area contributed by atoms with Gasteiger partial charge in [-0.3, -0.25) is 0 Å². The lowest BCUT2D eigenvalue weighted by atomic mass is 10.3. The van der Waals surface area contributed by atoms with Crippen molar-refractivity contribution in [2.24, 2.45) is 0 Å². The van der Waals surface area contributed by atoms with Gasteiger partial charge in [0.1, 0.15) is 12.4 Å². The molecule has 0 heterocycles. The zero-order valence-electron chi connectivity index (χ0n) is 9.85. The van der Waals surface area contributed by atoms with Gasteiger partial charge in [-0.2, -0.15) is 11.8 Å². The van der Waals surface area contributed by atoms with E-state index in [9.17, 15) is 4.79 Å². The van der Waals surface area contributed by atoms with E-state index in [-0.39, 0.29) is 12.6 Å². The molecule has 0 aliphatic carbocycles. The second-order valence-corrected chi connectivity index (χ2v) is 4.67. The van der Waals surface area contributed by atoms with Crippen molar-refractivity contribution in [2.75, 3.05) is 30.5 Å². The Morgan fingerprint density at radius 3 is 2.71 bits per heavy atom. The van der Waals surface area contributed by atoms with Crippen molar-refractivity contribution >= 4 is 23.4 Å². The summed E-state index contributed by atoms with van der Waals surface area (Å²) in [6.45, 7) is 2.43. The highest BCUT2D eigenvalue weighted by atomic mass is 32.2. The number of thioether (sulfide) groups is 1. The van der Waals surface area contributed by atoms with Crippen LogP contribution in [0.5, 0.6) is 5.75 Å². The monoisotopic (exact) mass is 255 g/mol. The van der Waals surface area contributed by atoms with Crippen molar-refractivity contribution < 1.29 is 14.3 Å². The van der Waals surface area contributed by atoms with Crippen LogP contribution in [0.15, 0.2) is 24.3 Å². The van der Waals surface area contributed by atoms with E-state index >= 15 is 0 Å². The van der Waals surface area contributed by atoms with E-state index in [2.05, 4.69) is 6.92 Å². The van der Waals surface area contributed by atoms with Crippen molar-refractivity contribution in [1.29, 1.82) is 0 Å². The summed E-state index contributed by atoms with van der Waals surface area (Å²) in [5, 5.41) is 0. The number of carbonyl (C=O) groups is 1. The summed E-state index contributed by atoms with van der Waals surface area (Å²) < 4.78 is 10.2. The largest absolute Gasteiger partial charge is 0.482 e. The summed E-state index contributed by atoms with van der Waals surface area (Å²) in [6.07, 6.45) is 0. The Hall–Kier alpha value is -1.36. The molecule has 94 valence electrons. The first kappa shape index (κ1) is 13.7. The fourth-order valence-corrected chi connectivity index (χ4v) is 1.60. The summed E-state index contributed by atoms with van der Waals surface area (Å²) >= 11 is 1.73. The zero-order valence-corrected chi connectivity index (χ0v) is 10.7. The maximum Gasteiger partial charge on any atom is 0.344 e. The molecule has 0 aliphatic rings. The third-order valence-electron chi connectivity index (χ3n) is 1.93. The Morgan fingerprint density at radius 1 is 1.35 bits per heavy atom. The van der Waals surface area contributed by atoms with E-state index in [4.69, 9.17) is 15.2 Å². The van der Waals surface area contributed by atoms with E-state index < -0.39 is 0 Å². The van der Waals surface area contributed by atoms with Gasteiger partial charge in [0.15, 0.2) is 6.61 Å². The molecule has 0 saturated heterocycles. The van der Waals surface area contributed by atoms with Crippen LogP contribution in [0.1, 0.15) is 6.92 Å². The van der Waals surface area contributed by atoms with Crippen LogP contribution >= 0.6 is 11.8 Å². The second-order valence-electron chi connectivity index (χ2n) is 3.28. The maximum atomic E-state index is 11.3. The number of anilines is 1. The molecule has 1 aromatic rings. The molecule has 17 heavy (non-hydrogen) atoms. The minimum Gasteiger partial charge on any atom is -0.482 e. The molecule has 1 aromatic carbocycles. The third kappa shape index (κ3) is 6.06. The Bertz CT molecular complexity index is 340. The Balaban J connectivity index is 2.17. The fourth-order valence-electron chi connectivity index (χ4n) is 1.11. The number of carbonyl (C=O) groups excluding carboxylic acids is 1. The number of ether oxygens (including phenoxy) is 2. The van der Waals surface area contributed by atoms with E-state index in [1.807, 2.05) is 0 Å². The Kier molecular flexibility index (Phi) is 6.32. The smallest absolute Gasteiger partial charge is 0.344 e. The van der Waals surface area contributed by atoms with Crippen molar-refractivity contribution in [3.8, 4) is 5.75 Å². The van der Waals surface area contributed by atoms with Crippen LogP contribution in [0.4, 0.5) is 5.69 Å². The third-order valence-corrected chi connectivity index (χ3v) is 2.80. The predicted molar refractivity (Wildman–Crippen MR) is 70.3 cm³/mol. The summed E-state index contributed by atoms with van der Waals surface area (Å²) in [4.78, 5) is 11.3. The lowest BCUT2D eigenvalue weighted by Gasteiger charge is -2.06. The van der Waals surface area contributed by atoms with Crippen LogP contribution < -0.4 is 10.5 Å². The number of hydrogen-bond acceptors (Lipinski definition) is 5. The molecule has 5 heteroatoms. The first-order valence-corrected chi connectivity index (χ1v) is 6.59. The second kappa shape index (κ2) is 7.84.